The van der Waals surface area contributed by atoms with Crippen LogP contribution in [0.5, 0.6) is 0 Å². The molecule has 0 bridgehead atoms. The van der Waals surface area contributed by atoms with Crippen LogP contribution in [-0.2, 0) is 0 Å². The Bertz CT molecular complexity index is 941. The van der Waals surface area contributed by atoms with Gasteiger partial charge in [0.1, 0.15) is 6.67 Å². The summed E-state index contributed by atoms with van der Waals surface area (Å²) in [6, 6.07) is 26.9. The van der Waals surface area contributed by atoms with Gasteiger partial charge in [-0.3, -0.25) is 0 Å². The number of hydrazone groups is 1. The first-order chi connectivity index (χ1) is 12.7. The molecule has 26 heavy (non-hydrogen) atoms. The molecule has 3 aromatic rings. The molecule has 0 fully saturated rings. The first-order valence-electron chi connectivity index (χ1n) is 8.37. The van der Waals surface area contributed by atoms with Crippen molar-refractivity contribution >= 4 is 48.9 Å². The maximum absolute atomic E-state index is 4.95. The van der Waals surface area contributed by atoms with Crippen molar-refractivity contribution in [2.24, 2.45) is 5.10 Å². The van der Waals surface area contributed by atoms with E-state index in [1.54, 1.807) is 0 Å². The molecule has 5 heteroatoms. The van der Waals surface area contributed by atoms with Crippen molar-refractivity contribution in [3.05, 3.63) is 93.4 Å². The number of benzene rings is 3. The smallest absolute Gasteiger partial charge is 0.113 e. The molecule has 3 aromatic carbocycles. The number of para-hydroxylation sites is 2. The highest BCUT2D eigenvalue weighted by molar-refractivity contribution is 9.11. The van der Waals surface area contributed by atoms with E-state index in [4.69, 9.17) is 5.10 Å². The lowest BCUT2D eigenvalue weighted by molar-refractivity contribution is 0.755. The van der Waals surface area contributed by atoms with Gasteiger partial charge in [0.25, 0.3) is 0 Å². The quantitative estimate of drug-likeness (QED) is 0.474. The summed E-state index contributed by atoms with van der Waals surface area (Å²) in [6.45, 7) is 1.44. The highest BCUT2D eigenvalue weighted by atomic mass is 79.9. The average Bonchev–Trinajstić information content (AvgIpc) is 2.69. The van der Waals surface area contributed by atoms with Gasteiger partial charge in [0, 0.05) is 8.95 Å². The van der Waals surface area contributed by atoms with Crippen molar-refractivity contribution in [1.29, 1.82) is 0 Å². The van der Waals surface area contributed by atoms with Crippen LogP contribution in [0.3, 0.4) is 0 Å². The van der Waals surface area contributed by atoms with E-state index < -0.39 is 0 Å². The standard InChI is InChI=1S/C21H17Br2N3/c22-17-10-4-6-12-20(17)25-14-19(16-8-2-1-3-9-16)24-26(15-25)21-13-7-5-11-18(21)23/h1-13H,14-15H2. The van der Waals surface area contributed by atoms with Crippen LogP contribution in [0.4, 0.5) is 11.4 Å². The van der Waals surface area contributed by atoms with E-state index in [2.05, 4.69) is 90.3 Å². The molecule has 0 aliphatic carbocycles. The molecule has 1 aliphatic heterocycles. The number of anilines is 2. The second kappa shape index (κ2) is 7.64. The molecule has 0 unspecified atom stereocenters. The number of rotatable bonds is 3. The summed E-state index contributed by atoms with van der Waals surface area (Å²) in [5, 5.41) is 7.00. The fourth-order valence-corrected chi connectivity index (χ4v) is 4.07. The lowest BCUT2D eigenvalue weighted by atomic mass is 10.1. The van der Waals surface area contributed by atoms with Crippen LogP contribution in [0.15, 0.2) is 92.9 Å². The van der Waals surface area contributed by atoms with Crippen molar-refractivity contribution in [3.63, 3.8) is 0 Å². The van der Waals surface area contributed by atoms with Crippen LogP contribution in [0.25, 0.3) is 0 Å². The lowest BCUT2D eigenvalue weighted by Gasteiger charge is -2.36. The minimum Gasteiger partial charge on any atom is -0.345 e. The van der Waals surface area contributed by atoms with Gasteiger partial charge in [-0.2, -0.15) is 5.10 Å². The van der Waals surface area contributed by atoms with Crippen molar-refractivity contribution in [2.45, 2.75) is 0 Å². The minimum absolute atomic E-state index is 0.682. The largest absolute Gasteiger partial charge is 0.345 e. The Labute approximate surface area is 170 Å². The summed E-state index contributed by atoms with van der Waals surface area (Å²) >= 11 is 7.35. The number of nitrogens with zero attached hydrogens (tertiary/aromatic N) is 3. The summed E-state index contributed by atoms with van der Waals surface area (Å²) in [5.74, 6) is 0. The van der Waals surface area contributed by atoms with Gasteiger partial charge >= 0.3 is 0 Å². The van der Waals surface area contributed by atoms with E-state index in [0.717, 1.165) is 38.1 Å². The van der Waals surface area contributed by atoms with Gasteiger partial charge in [-0.1, -0.05) is 54.6 Å². The number of hydrogen-bond acceptors (Lipinski definition) is 3. The van der Waals surface area contributed by atoms with E-state index >= 15 is 0 Å². The van der Waals surface area contributed by atoms with Crippen LogP contribution >= 0.6 is 31.9 Å². The SMILES string of the molecule is Brc1ccccc1N1CC(c2ccccc2)=NN(c2ccccc2Br)C1. The van der Waals surface area contributed by atoms with Gasteiger partial charge in [-0.05, 0) is 61.7 Å². The van der Waals surface area contributed by atoms with E-state index in [0.29, 0.717) is 6.67 Å². The first kappa shape index (κ1) is 17.3. The van der Waals surface area contributed by atoms with Crippen molar-refractivity contribution in [2.75, 3.05) is 23.1 Å². The highest BCUT2D eigenvalue weighted by Crippen LogP contribution is 2.32. The maximum Gasteiger partial charge on any atom is 0.113 e. The van der Waals surface area contributed by atoms with E-state index in [1.807, 2.05) is 30.3 Å². The molecule has 0 saturated heterocycles. The molecule has 0 N–H and O–H groups in total. The topological polar surface area (TPSA) is 18.8 Å². The second-order valence-electron chi connectivity index (χ2n) is 6.05. The van der Waals surface area contributed by atoms with Gasteiger partial charge in [0.05, 0.1) is 23.6 Å². The molecule has 4 rings (SSSR count). The highest BCUT2D eigenvalue weighted by Gasteiger charge is 2.24. The Balaban J connectivity index is 1.78. The Kier molecular flexibility index (Phi) is 5.09. The molecule has 3 nitrogen and oxygen atoms in total. The summed E-state index contributed by atoms with van der Waals surface area (Å²) in [6.07, 6.45) is 0. The Morgan fingerprint density at radius 1 is 0.692 bits per heavy atom. The summed E-state index contributed by atoms with van der Waals surface area (Å²) in [7, 11) is 0. The molecular weight excluding hydrogens is 454 g/mol. The molecule has 0 aromatic heterocycles. The molecule has 0 atom stereocenters. The Hall–Kier alpha value is -2.11. The number of halogens is 2. The summed E-state index contributed by atoms with van der Waals surface area (Å²) in [4.78, 5) is 2.33. The fraction of sp³-hybridized carbons (Fsp3) is 0.0952. The molecule has 0 spiro atoms. The van der Waals surface area contributed by atoms with Gasteiger partial charge in [0.15, 0.2) is 0 Å². The molecule has 1 heterocycles. The monoisotopic (exact) mass is 469 g/mol. The third-order valence-electron chi connectivity index (χ3n) is 4.32. The van der Waals surface area contributed by atoms with Crippen LogP contribution in [-0.4, -0.2) is 18.9 Å². The van der Waals surface area contributed by atoms with Crippen LogP contribution in [0, 0.1) is 0 Å². The molecule has 0 radical (unpaired) electrons. The third-order valence-corrected chi connectivity index (χ3v) is 5.66. The normalized spacial score (nSPS) is 14.3. The van der Waals surface area contributed by atoms with Gasteiger partial charge in [-0.15, -0.1) is 0 Å². The summed E-state index contributed by atoms with van der Waals surface area (Å²) < 4.78 is 2.12. The van der Waals surface area contributed by atoms with Crippen molar-refractivity contribution in [1.82, 2.24) is 0 Å². The lowest BCUT2D eigenvalue weighted by Crippen LogP contribution is -2.44. The predicted octanol–water partition coefficient (Wildman–Crippen LogP) is 5.90. The number of hydrogen-bond donors (Lipinski definition) is 0. The van der Waals surface area contributed by atoms with Gasteiger partial charge in [-0.25, -0.2) is 5.01 Å². The maximum atomic E-state index is 4.95. The van der Waals surface area contributed by atoms with Gasteiger partial charge < -0.3 is 4.90 Å². The van der Waals surface area contributed by atoms with E-state index in [9.17, 15) is 0 Å². The van der Waals surface area contributed by atoms with Crippen molar-refractivity contribution < 1.29 is 0 Å². The second-order valence-corrected chi connectivity index (χ2v) is 7.76. The van der Waals surface area contributed by atoms with Gasteiger partial charge in [0.2, 0.25) is 0 Å². The third kappa shape index (κ3) is 3.55. The zero-order chi connectivity index (χ0) is 17.9. The molecule has 0 amide bonds. The predicted molar refractivity (Wildman–Crippen MR) is 116 cm³/mol. The van der Waals surface area contributed by atoms with E-state index in [1.165, 1.54) is 0 Å². The average molecular weight is 471 g/mol. The molecular formula is C21H17Br2N3. The zero-order valence-corrected chi connectivity index (χ0v) is 17.2. The Morgan fingerprint density at radius 3 is 1.92 bits per heavy atom. The zero-order valence-electron chi connectivity index (χ0n) is 14.0. The van der Waals surface area contributed by atoms with Crippen molar-refractivity contribution in [3.8, 4) is 0 Å². The molecule has 1 aliphatic rings. The molecule has 0 saturated carbocycles. The fourth-order valence-electron chi connectivity index (χ4n) is 3.04. The summed E-state index contributed by atoms with van der Waals surface area (Å²) in [5.41, 5.74) is 4.40. The van der Waals surface area contributed by atoms with Crippen LogP contribution < -0.4 is 9.91 Å². The first-order valence-corrected chi connectivity index (χ1v) is 9.95. The minimum atomic E-state index is 0.682. The molecule has 130 valence electrons. The Morgan fingerprint density at radius 2 is 1.27 bits per heavy atom. The van der Waals surface area contributed by atoms with E-state index in [-0.39, 0.29) is 0 Å². The van der Waals surface area contributed by atoms with Crippen LogP contribution in [0.1, 0.15) is 5.56 Å². The van der Waals surface area contributed by atoms with Crippen LogP contribution in [0.2, 0.25) is 0 Å².